The summed E-state index contributed by atoms with van der Waals surface area (Å²) in [5.41, 5.74) is 1.46. The van der Waals surface area contributed by atoms with Crippen LogP contribution in [0.1, 0.15) is 15.9 Å². The minimum absolute atomic E-state index is 0.138. The van der Waals surface area contributed by atoms with Crippen molar-refractivity contribution in [3.8, 4) is 0 Å². The molecule has 17 heavy (non-hydrogen) atoms. The highest BCUT2D eigenvalue weighted by molar-refractivity contribution is 5.74. The summed E-state index contributed by atoms with van der Waals surface area (Å²) in [5, 5.41) is 0. The predicted octanol–water partition coefficient (Wildman–Crippen LogP) is 3.77. The molecule has 0 bridgehead atoms. The van der Waals surface area contributed by atoms with E-state index in [1.54, 1.807) is 0 Å². The van der Waals surface area contributed by atoms with Crippen molar-refractivity contribution < 1.29 is 13.6 Å². The van der Waals surface area contributed by atoms with E-state index in [1.807, 2.05) is 18.2 Å². The van der Waals surface area contributed by atoms with Gasteiger partial charge in [-0.15, -0.1) is 0 Å². The number of rotatable bonds is 1. The van der Waals surface area contributed by atoms with Crippen LogP contribution >= 0.6 is 0 Å². The van der Waals surface area contributed by atoms with E-state index in [1.165, 1.54) is 11.6 Å². The maximum Gasteiger partial charge on any atom is 0.159 e. The molecular formula is C14H12F2O. The standard InChI is InChI=1S/C7H4F2O.C7H8/c8-6-2-1-5(4-10)3-7(6)9;1-7-5-3-2-4-6-7/h1-4H;2-6H,1H3. The predicted molar refractivity (Wildman–Crippen MR) is 62.9 cm³/mol. The fraction of sp³-hybridized carbons (Fsp3) is 0.0714. The van der Waals surface area contributed by atoms with E-state index in [2.05, 4.69) is 19.1 Å². The summed E-state index contributed by atoms with van der Waals surface area (Å²) in [4.78, 5) is 9.98. The zero-order valence-corrected chi connectivity index (χ0v) is 9.36. The van der Waals surface area contributed by atoms with Gasteiger partial charge in [0.25, 0.3) is 0 Å². The molecule has 0 aliphatic carbocycles. The van der Waals surface area contributed by atoms with Gasteiger partial charge in [0.1, 0.15) is 6.29 Å². The lowest BCUT2D eigenvalue weighted by molar-refractivity contribution is 0.112. The van der Waals surface area contributed by atoms with Gasteiger partial charge in [0.05, 0.1) is 0 Å². The third-order valence-electron chi connectivity index (χ3n) is 2.02. The first-order valence-corrected chi connectivity index (χ1v) is 5.05. The number of aryl methyl sites for hydroxylation is 1. The van der Waals surface area contributed by atoms with Crippen molar-refractivity contribution in [2.75, 3.05) is 0 Å². The lowest BCUT2D eigenvalue weighted by atomic mass is 10.2. The van der Waals surface area contributed by atoms with E-state index in [0.29, 0.717) is 6.29 Å². The third-order valence-corrected chi connectivity index (χ3v) is 2.02. The maximum atomic E-state index is 12.2. The Balaban J connectivity index is 0.000000181. The normalized spacial score (nSPS) is 9.12. The summed E-state index contributed by atoms with van der Waals surface area (Å²) in [6.07, 6.45) is 0.461. The number of hydrogen-bond donors (Lipinski definition) is 0. The molecule has 0 saturated carbocycles. The Labute approximate surface area is 98.7 Å². The van der Waals surface area contributed by atoms with Crippen molar-refractivity contribution in [1.29, 1.82) is 0 Å². The Hall–Kier alpha value is -2.03. The first kappa shape index (κ1) is 13.0. The highest BCUT2D eigenvalue weighted by atomic mass is 19.2. The lowest BCUT2D eigenvalue weighted by Crippen LogP contribution is -1.86. The SMILES string of the molecule is Cc1ccccc1.O=Cc1ccc(F)c(F)c1. The molecule has 2 aromatic carbocycles. The van der Waals surface area contributed by atoms with Crippen LogP contribution in [0.25, 0.3) is 0 Å². The molecule has 0 spiro atoms. The monoisotopic (exact) mass is 234 g/mol. The molecule has 0 aromatic heterocycles. The van der Waals surface area contributed by atoms with E-state index in [-0.39, 0.29) is 5.56 Å². The van der Waals surface area contributed by atoms with Gasteiger partial charge < -0.3 is 0 Å². The second-order valence-electron chi connectivity index (χ2n) is 3.45. The van der Waals surface area contributed by atoms with Gasteiger partial charge in [-0.05, 0) is 25.1 Å². The molecule has 0 saturated heterocycles. The summed E-state index contributed by atoms with van der Waals surface area (Å²) in [6, 6.07) is 13.2. The van der Waals surface area contributed by atoms with Gasteiger partial charge in [-0.25, -0.2) is 8.78 Å². The Bertz CT molecular complexity index is 481. The lowest BCUT2D eigenvalue weighted by Gasteiger charge is -1.91. The molecule has 0 unspecified atom stereocenters. The molecule has 88 valence electrons. The fourth-order valence-corrected chi connectivity index (χ4v) is 1.12. The Morgan fingerprint density at radius 1 is 0.941 bits per heavy atom. The highest BCUT2D eigenvalue weighted by Gasteiger charge is 1.99. The zero-order valence-electron chi connectivity index (χ0n) is 9.36. The molecule has 0 fully saturated rings. The van der Waals surface area contributed by atoms with Gasteiger partial charge in [-0.3, -0.25) is 4.79 Å². The van der Waals surface area contributed by atoms with Crippen LogP contribution in [0.4, 0.5) is 8.78 Å². The van der Waals surface area contributed by atoms with Gasteiger partial charge >= 0.3 is 0 Å². The Morgan fingerprint density at radius 3 is 2.00 bits per heavy atom. The molecule has 0 heterocycles. The molecule has 2 aromatic rings. The van der Waals surface area contributed by atoms with Crippen LogP contribution in [0.2, 0.25) is 0 Å². The smallest absolute Gasteiger partial charge is 0.159 e. The van der Waals surface area contributed by atoms with Gasteiger partial charge in [0.15, 0.2) is 11.6 Å². The molecule has 0 radical (unpaired) electrons. The minimum atomic E-state index is -0.996. The van der Waals surface area contributed by atoms with Crippen molar-refractivity contribution in [3.63, 3.8) is 0 Å². The Kier molecular flexibility index (Phi) is 5.01. The summed E-state index contributed by atoms with van der Waals surface area (Å²) >= 11 is 0. The zero-order chi connectivity index (χ0) is 12.7. The maximum absolute atomic E-state index is 12.2. The number of aldehydes is 1. The van der Waals surface area contributed by atoms with E-state index in [0.717, 1.165) is 12.1 Å². The first-order chi connectivity index (χ1) is 8.13. The number of benzene rings is 2. The van der Waals surface area contributed by atoms with Crippen molar-refractivity contribution >= 4 is 6.29 Å². The number of carbonyl (C=O) groups excluding carboxylic acids is 1. The van der Waals surface area contributed by atoms with E-state index in [4.69, 9.17) is 0 Å². The molecule has 0 aliphatic rings. The number of hydrogen-bond acceptors (Lipinski definition) is 1. The van der Waals surface area contributed by atoms with Crippen LogP contribution in [-0.4, -0.2) is 6.29 Å². The fourth-order valence-electron chi connectivity index (χ4n) is 1.12. The summed E-state index contributed by atoms with van der Waals surface area (Å²) in [5.74, 6) is -1.94. The number of halogens is 2. The van der Waals surface area contributed by atoms with Crippen LogP contribution < -0.4 is 0 Å². The molecule has 0 aliphatic heterocycles. The molecular weight excluding hydrogens is 222 g/mol. The average Bonchev–Trinajstić information content (AvgIpc) is 2.34. The third kappa shape index (κ3) is 4.55. The largest absolute Gasteiger partial charge is 0.298 e. The van der Waals surface area contributed by atoms with Crippen LogP contribution in [0.5, 0.6) is 0 Å². The first-order valence-electron chi connectivity index (χ1n) is 5.05. The van der Waals surface area contributed by atoms with Crippen LogP contribution in [0.15, 0.2) is 48.5 Å². The van der Waals surface area contributed by atoms with E-state index < -0.39 is 11.6 Å². The van der Waals surface area contributed by atoms with Gasteiger partial charge in [0.2, 0.25) is 0 Å². The Morgan fingerprint density at radius 2 is 1.59 bits per heavy atom. The number of carbonyl (C=O) groups is 1. The van der Waals surface area contributed by atoms with Gasteiger partial charge in [-0.2, -0.15) is 0 Å². The van der Waals surface area contributed by atoms with Gasteiger partial charge in [-0.1, -0.05) is 35.9 Å². The molecule has 0 amide bonds. The van der Waals surface area contributed by atoms with E-state index in [9.17, 15) is 13.6 Å². The second kappa shape index (κ2) is 6.53. The molecule has 0 N–H and O–H groups in total. The van der Waals surface area contributed by atoms with Crippen LogP contribution in [-0.2, 0) is 0 Å². The molecule has 1 nitrogen and oxygen atoms in total. The highest BCUT2D eigenvalue weighted by Crippen LogP contribution is 2.06. The molecule has 3 heteroatoms. The summed E-state index contributed by atoms with van der Waals surface area (Å²) < 4.78 is 24.4. The van der Waals surface area contributed by atoms with Crippen LogP contribution in [0, 0.1) is 18.6 Å². The van der Waals surface area contributed by atoms with Crippen molar-refractivity contribution in [2.24, 2.45) is 0 Å². The van der Waals surface area contributed by atoms with Crippen molar-refractivity contribution in [3.05, 3.63) is 71.3 Å². The van der Waals surface area contributed by atoms with Crippen LogP contribution in [0.3, 0.4) is 0 Å². The molecule has 0 atom stereocenters. The molecule has 2 rings (SSSR count). The van der Waals surface area contributed by atoms with Crippen molar-refractivity contribution in [2.45, 2.75) is 6.92 Å². The summed E-state index contributed by atoms with van der Waals surface area (Å²) in [6.45, 7) is 2.08. The summed E-state index contributed by atoms with van der Waals surface area (Å²) in [7, 11) is 0. The quantitative estimate of drug-likeness (QED) is 0.686. The van der Waals surface area contributed by atoms with E-state index >= 15 is 0 Å². The average molecular weight is 234 g/mol. The topological polar surface area (TPSA) is 17.1 Å². The minimum Gasteiger partial charge on any atom is -0.298 e. The van der Waals surface area contributed by atoms with Crippen molar-refractivity contribution in [1.82, 2.24) is 0 Å². The second-order valence-corrected chi connectivity index (χ2v) is 3.45. The van der Waals surface area contributed by atoms with Gasteiger partial charge in [0, 0.05) is 5.56 Å².